The molecule has 5 nitrogen and oxygen atoms in total. The molecular formula is C22H31N3O2S. The Morgan fingerprint density at radius 3 is 2.79 bits per heavy atom. The molecule has 2 aliphatic rings. The maximum atomic E-state index is 12.7. The second kappa shape index (κ2) is 8.68. The van der Waals surface area contributed by atoms with Crippen LogP contribution in [0.2, 0.25) is 0 Å². The molecule has 6 heteroatoms. The lowest BCUT2D eigenvalue weighted by atomic mass is 9.85. The first kappa shape index (κ1) is 19.5. The van der Waals surface area contributed by atoms with Crippen LogP contribution >= 0.6 is 11.3 Å². The van der Waals surface area contributed by atoms with E-state index in [9.17, 15) is 4.79 Å². The van der Waals surface area contributed by atoms with Crippen LogP contribution in [0.25, 0.3) is 10.2 Å². The largest absolute Gasteiger partial charge is 0.494 e. The van der Waals surface area contributed by atoms with E-state index in [4.69, 9.17) is 9.72 Å². The number of nitrogens with one attached hydrogen (secondary N) is 1. The average Bonchev–Trinajstić information content (AvgIpc) is 3.13. The van der Waals surface area contributed by atoms with Gasteiger partial charge < -0.3 is 15.0 Å². The summed E-state index contributed by atoms with van der Waals surface area (Å²) in [5.41, 5.74) is 1.02. The van der Waals surface area contributed by atoms with E-state index >= 15 is 0 Å². The Bertz CT molecular complexity index is 813. The summed E-state index contributed by atoms with van der Waals surface area (Å²) in [6.07, 6.45) is 6.75. The van der Waals surface area contributed by atoms with E-state index in [0.29, 0.717) is 18.6 Å². The molecule has 2 heterocycles. The first-order chi connectivity index (χ1) is 13.6. The minimum Gasteiger partial charge on any atom is -0.494 e. The molecule has 2 atom stereocenters. The van der Waals surface area contributed by atoms with Crippen LogP contribution in [0, 0.1) is 11.8 Å². The number of carbonyl (C=O) groups excluding carboxylic acids is 1. The number of hydrogen-bond acceptors (Lipinski definition) is 5. The van der Waals surface area contributed by atoms with Gasteiger partial charge in [-0.2, -0.15) is 0 Å². The van der Waals surface area contributed by atoms with Crippen molar-refractivity contribution in [1.29, 1.82) is 0 Å². The van der Waals surface area contributed by atoms with Gasteiger partial charge in [-0.05, 0) is 56.7 Å². The SMILES string of the molecule is CCOc1ccc2nc(N3CCC(C(=O)NC4CCCCC4C)CC3)sc2c1. The van der Waals surface area contributed by atoms with E-state index in [1.54, 1.807) is 11.3 Å². The van der Waals surface area contributed by atoms with Crippen LogP contribution in [0.3, 0.4) is 0 Å². The summed E-state index contributed by atoms with van der Waals surface area (Å²) >= 11 is 1.72. The summed E-state index contributed by atoms with van der Waals surface area (Å²) in [4.78, 5) is 19.9. The van der Waals surface area contributed by atoms with Crippen molar-refractivity contribution in [1.82, 2.24) is 10.3 Å². The molecule has 1 N–H and O–H groups in total. The van der Waals surface area contributed by atoms with Gasteiger partial charge in [-0.15, -0.1) is 0 Å². The molecular weight excluding hydrogens is 370 g/mol. The molecule has 1 aliphatic carbocycles. The summed E-state index contributed by atoms with van der Waals surface area (Å²) in [6.45, 7) is 6.74. The average molecular weight is 402 g/mol. The van der Waals surface area contributed by atoms with Crippen LogP contribution in [0.15, 0.2) is 18.2 Å². The second-order valence-electron chi connectivity index (χ2n) is 8.20. The predicted octanol–water partition coefficient (Wildman–Crippen LogP) is 4.61. The Morgan fingerprint density at radius 2 is 2.04 bits per heavy atom. The highest BCUT2D eigenvalue weighted by Crippen LogP contribution is 2.33. The number of carbonyl (C=O) groups is 1. The minimum atomic E-state index is 0.143. The Balaban J connectivity index is 1.34. The molecule has 0 spiro atoms. The topological polar surface area (TPSA) is 54.5 Å². The number of anilines is 1. The molecule has 152 valence electrons. The Labute approximate surface area is 171 Å². The number of amides is 1. The van der Waals surface area contributed by atoms with Crippen LogP contribution in [0.1, 0.15) is 52.4 Å². The number of rotatable bonds is 5. The molecule has 1 aromatic carbocycles. The minimum absolute atomic E-state index is 0.143. The van der Waals surface area contributed by atoms with E-state index in [1.807, 2.05) is 19.1 Å². The third-order valence-corrected chi connectivity index (χ3v) is 7.31. The Kier molecular flexibility index (Phi) is 6.04. The normalized spacial score (nSPS) is 23.7. The second-order valence-corrected chi connectivity index (χ2v) is 9.21. The molecule has 1 aliphatic heterocycles. The van der Waals surface area contributed by atoms with Crippen molar-refractivity contribution >= 4 is 32.6 Å². The third kappa shape index (κ3) is 4.27. The van der Waals surface area contributed by atoms with Crippen molar-refractivity contribution < 1.29 is 9.53 Å². The number of hydrogen-bond donors (Lipinski definition) is 1. The lowest BCUT2D eigenvalue weighted by Crippen LogP contribution is -2.46. The molecule has 4 rings (SSSR count). The van der Waals surface area contributed by atoms with Gasteiger partial charge in [0.25, 0.3) is 0 Å². The smallest absolute Gasteiger partial charge is 0.223 e. The van der Waals surface area contributed by atoms with Gasteiger partial charge in [0.05, 0.1) is 16.8 Å². The fourth-order valence-corrected chi connectivity index (χ4v) is 5.49. The van der Waals surface area contributed by atoms with Gasteiger partial charge >= 0.3 is 0 Å². The summed E-state index contributed by atoms with van der Waals surface area (Å²) in [7, 11) is 0. The number of benzene rings is 1. The lowest BCUT2D eigenvalue weighted by Gasteiger charge is -2.34. The van der Waals surface area contributed by atoms with E-state index in [-0.39, 0.29) is 11.8 Å². The van der Waals surface area contributed by atoms with Crippen molar-refractivity contribution in [2.24, 2.45) is 11.8 Å². The van der Waals surface area contributed by atoms with E-state index in [0.717, 1.165) is 53.4 Å². The number of piperidine rings is 1. The van der Waals surface area contributed by atoms with Gasteiger partial charge in [0, 0.05) is 25.0 Å². The molecule has 1 amide bonds. The maximum absolute atomic E-state index is 12.7. The summed E-state index contributed by atoms with van der Waals surface area (Å²) in [5, 5.41) is 4.41. The third-order valence-electron chi connectivity index (χ3n) is 6.24. The van der Waals surface area contributed by atoms with Crippen molar-refractivity contribution in [2.75, 3.05) is 24.6 Å². The van der Waals surface area contributed by atoms with Crippen molar-refractivity contribution in [3.05, 3.63) is 18.2 Å². The number of ether oxygens (including phenoxy) is 1. The van der Waals surface area contributed by atoms with Crippen LogP contribution in [0.5, 0.6) is 5.75 Å². The van der Waals surface area contributed by atoms with Gasteiger partial charge in [0.15, 0.2) is 5.13 Å². The highest BCUT2D eigenvalue weighted by atomic mass is 32.1. The monoisotopic (exact) mass is 401 g/mol. The summed E-state index contributed by atoms with van der Waals surface area (Å²) < 4.78 is 6.76. The first-order valence-electron chi connectivity index (χ1n) is 10.7. The molecule has 2 aromatic rings. The maximum Gasteiger partial charge on any atom is 0.223 e. The zero-order valence-corrected chi connectivity index (χ0v) is 17.8. The molecule has 1 saturated heterocycles. The molecule has 28 heavy (non-hydrogen) atoms. The van der Waals surface area contributed by atoms with Crippen LogP contribution in [-0.2, 0) is 4.79 Å². The summed E-state index contributed by atoms with van der Waals surface area (Å²) in [5.74, 6) is 1.92. The number of nitrogens with zero attached hydrogens (tertiary/aromatic N) is 2. The lowest BCUT2D eigenvalue weighted by molar-refractivity contribution is -0.126. The van der Waals surface area contributed by atoms with E-state index in [2.05, 4.69) is 23.2 Å². The number of fused-ring (bicyclic) bond motifs is 1. The Morgan fingerprint density at radius 1 is 1.25 bits per heavy atom. The van der Waals surface area contributed by atoms with Crippen LogP contribution in [0.4, 0.5) is 5.13 Å². The van der Waals surface area contributed by atoms with Crippen molar-refractivity contribution in [2.45, 2.75) is 58.4 Å². The number of aromatic nitrogens is 1. The van der Waals surface area contributed by atoms with Crippen molar-refractivity contribution in [3.8, 4) is 5.75 Å². The molecule has 2 fully saturated rings. The standard InChI is InChI=1S/C22H31N3O2S/c1-3-27-17-8-9-19-20(14-17)28-22(24-19)25-12-10-16(11-13-25)21(26)23-18-7-5-4-6-15(18)2/h8-9,14-16,18H,3-7,10-13H2,1-2H3,(H,23,26). The highest BCUT2D eigenvalue weighted by Gasteiger charge is 2.29. The fourth-order valence-electron chi connectivity index (χ4n) is 4.45. The first-order valence-corrected chi connectivity index (χ1v) is 11.5. The van der Waals surface area contributed by atoms with Crippen LogP contribution in [-0.4, -0.2) is 36.6 Å². The van der Waals surface area contributed by atoms with Gasteiger partial charge in [-0.3, -0.25) is 4.79 Å². The van der Waals surface area contributed by atoms with Crippen LogP contribution < -0.4 is 15.0 Å². The quantitative estimate of drug-likeness (QED) is 0.795. The zero-order chi connectivity index (χ0) is 19.5. The molecule has 1 aromatic heterocycles. The Hall–Kier alpha value is -1.82. The fraction of sp³-hybridized carbons (Fsp3) is 0.636. The van der Waals surface area contributed by atoms with Gasteiger partial charge in [0.2, 0.25) is 5.91 Å². The van der Waals surface area contributed by atoms with Gasteiger partial charge in [-0.1, -0.05) is 31.1 Å². The predicted molar refractivity (Wildman–Crippen MR) is 115 cm³/mol. The van der Waals surface area contributed by atoms with E-state index in [1.165, 1.54) is 19.3 Å². The van der Waals surface area contributed by atoms with Crippen molar-refractivity contribution in [3.63, 3.8) is 0 Å². The molecule has 2 unspecified atom stereocenters. The number of thiazole rings is 1. The summed E-state index contributed by atoms with van der Waals surface area (Å²) in [6, 6.07) is 6.47. The molecule has 1 saturated carbocycles. The molecule has 0 bridgehead atoms. The van der Waals surface area contributed by atoms with E-state index < -0.39 is 0 Å². The van der Waals surface area contributed by atoms with Gasteiger partial charge in [0.1, 0.15) is 5.75 Å². The zero-order valence-electron chi connectivity index (χ0n) is 16.9. The molecule has 0 radical (unpaired) electrons. The highest BCUT2D eigenvalue weighted by molar-refractivity contribution is 7.22. The van der Waals surface area contributed by atoms with Gasteiger partial charge in [-0.25, -0.2) is 4.98 Å².